The predicted octanol–water partition coefficient (Wildman–Crippen LogP) is 3.48. The molecule has 0 spiro atoms. The summed E-state index contributed by atoms with van der Waals surface area (Å²) in [5.74, 6) is -3.41. The standard InChI is InChI=1S/C37H57N5O7S/c1-23(2)29(22-50(48,49)21-26-12-8-6-9-13-26)40-36(47)41-31(27-14-10-7-11-15-27)35(46)42-20-24(3)37(4,5)19-30(42)34(45)39-28(18-25-16-17-25)32(43)33(38)44/h6,8-9,12-13,23-25,27-31H,7,10-11,14-22H2,1-5H3,(H2,38,44)(H,39,45)(H2,40,41,47)/t24?,28?,29-,30+,31+/m1/s1. The Bertz CT molecular complexity index is 1490. The summed E-state index contributed by atoms with van der Waals surface area (Å²) in [5.41, 5.74) is 5.67. The number of ketones is 1. The molecule has 5 atom stereocenters. The Kier molecular flexibility index (Phi) is 13.1. The van der Waals surface area contributed by atoms with E-state index in [0.29, 0.717) is 18.4 Å². The van der Waals surface area contributed by atoms with Gasteiger partial charge in [-0.1, -0.05) is 97.1 Å². The van der Waals surface area contributed by atoms with Crippen LogP contribution in [0.2, 0.25) is 0 Å². The molecular weight excluding hydrogens is 659 g/mol. The van der Waals surface area contributed by atoms with Gasteiger partial charge < -0.3 is 26.6 Å². The van der Waals surface area contributed by atoms with E-state index in [-0.39, 0.29) is 53.0 Å². The lowest BCUT2D eigenvalue weighted by Gasteiger charge is -2.48. The van der Waals surface area contributed by atoms with E-state index in [9.17, 15) is 32.4 Å². The van der Waals surface area contributed by atoms with Crippen molar-refractivity contribution in [1.29, 1.82) is 0 Å². The lowest BCUT2D eigenvalue weighted by molar-refractivity contribution is -0.150. The van der Waals surface area contributed by atoms with Gasteiger partial charge in [0.2, 0.25) is 17.6 Å². The average molecular weight is 716 g/mol. The van der Waals surface area contributed by atoms with E-state index in [0.717, 1.165) is 44.9 Å². The third-order valence-corrected chi connectivity index (χ3v) is 12.7. The van der Waals surface area contributed by atoms with Crippen LogP contribution in [0.3, 0.4) is 0 Å². The van der Waals surface area contributed by atoms with Crippen molar-refractivity contribution in [3.05, 3.63) is 35.9 Å². The van der Waals surface area contributed by atoms with Crippen molar-refractivity contribution in [2.75, 3.05) is 12.3 Å². The maximum atomic E-state index is 14.6. The van der Waals surface area contributed by atoms with E-state index < -0.39 is 57.6 Å². The zero-order valence-corrected chi connectivity index (χ0v) is 31.1. The number of carbonyl (C=O) groups is 5. The van der Waals surface area contributed by atoms with Gasteiger partial charge in [0, 0.05) is 12.6 Å². The molecular formula is C37H57N5O7S. The summed E-state index contributed by atoms with van der Waals surface area (Å²) in [6.07, 6.45) is 6.72. The molecule has 1 aromatic carbocycles. The number of rotatable bonds is 15. The van der Waals surface area contributed by atoms with Crippen LogP contribution in [0.5, 0.6) is 0 Å². The van der Waals surface area contributed by atoms with E-state index in [4.69, 9.17) is 5.73 Å². The number of benzene rings is 1. The number of piperidine rings is 1. The number of urea groups is 1. The van der Waals surface area contributed by atoms with Gasteiger partial charge in [0.1, 0.15) is 12.1 Å². The van der Waals surface area contributed by atoms with Gasteiger partial charge in [-0.05, 0) is 60.3 Å². The molecule has 5 amide bonds. The van der Waals surface area contributed by atoms with Crippen molar-refractivity contribution in [3.8, 4) is 0 Å². The fourth-order valence-electron chi connectivity index (χ4n) is 7.26. The Hall–Kier alpha value is -3.48. The largest absolute Gasteiger partial charge is 0.363 e. The molecule has 12 nitrogen and oxygen atoms in total. The highest BCUT2D eigenvalue weighted by molar-refractivity contribution is 7.90. The summed E-state index contributed by atoms with van der Waals surface area (Å²) in [6.45, 7) is 10.1. The third kappa shape index (κ3) is 10.8. The van der Waals surface area contributed by atoms with Gasteiger partial charge in [0.25, 0.3) is 5.91 Å². The van der Waals surface area contributed by atoms with Crippen molar-refractivity contribution in [3.63, 3.8) is 0 Å². The van der Waals surface area contributed by atoms with E-state index in [1.54, 1.807) is 24.3 Å². The van der Waals surface area contributed by atoms with Gasteiger partial charge in [-0.15, -0.1) is 0 Å². The van der Waals surface area contributed by atoms with Crippen molar-refractivity contribution >= 4 is 39.4 Å². The molecule has 1 saturated heterocycles. The molecule has 1 aliphatic heterocycles. The number of Topliss-reactive ketones (excluding diaryl/α,β-unsaturated/α-hetero) is 1. The smallest absolute Gasteiger partial charge is 0.315 e. The van der Waals surface area contributed by atoms with Gasteiger partial charge >= 0.3 is 6.03 Å². The molecule has 0 bridgehead atoms. The van der Waals surface area contributed by atoms with Crippen LogP contribution in [0.1, 0.15) is 98.0 Å². The van der Waals surface area contributed by atoms with Crippen LogP contribution >= 0.6 is 0 Å². The van der Waals surface area contributed by atoms with Crippen LogP contribution in [0.15, 0.2) is 30.3 Å². The summed E-state index contributed by atoms with van der Waals surface area (Å²) < 4.78 is 26.3. The minimum Gasteiger partial charge on any atom is -0.363 e. The molecule has 2 saturated carbocycles. The Morgan fingerprint density at radius 2 is 1.58 bits per heavy atom. The quantitative estimate of drug-likeness (QED) is 0.200. The maximum Gasteiger partial charge on any atom is 0.315 e. The number of nitrogens with two attached hydrogens (primary N) is 1. The van der Waals surface area contributed by atoms with Crippen LogP contribution in [-0.2, 0) is 34.8 Å². The summed E-state index contributed by atoms with van der Waals surface area (Å²) >= 11 is 0. The van der Waals surface area contributed by atoms with Gasteiger partial charge in [0.05, 0.1) is 17.5 Å². The second-order valence-electron chi connectivity index (χ2n) is 16.0. The first-order valence-electron chi connectivity index (χ1n) is 18.2. The zero-order valence-electron chi connectivity index (χ0n) is 30.3. The summed E-state index contributed by atoms with van der Waals surface area (Å²) in [5, 5.41) is 8.55. The third-order valence-electron chi connectivity index (χ3n) is 11.1. The fourth-order valence-corrected chi connectivity index (χ4v) is 9.09. The summed E-state index contributed by atoms with van der Waals surface area (Å²) in [4.78, 5) is 68.4. The molecule has 1 heterocycles. The Morgan fingerprint density at radius 3 is 2.16 bits per heavy atom. The van der Waals surface area contributed by atoms with Crippen molar-refractivity contribution < 1.29 is 32.4 Å². The Labute approximate surface area is 297 Å². The molecule has 3 fully saturated rings. The number of hydrogen-bond acceptors (Lipinski definition) is 7. The van der Waals surface area contributed by atoms with Crippen molar-refractivity contribution in [2.24, 2.45) is 34.8 Å². The van der Waals surface area contributed by atoms with E-state index in [1.807, 2.05) is 40.7 Å². The number of carbonyl (C=O) groups excluding carboxylic acids is 5. The highest BCUT2D eigenvalue weighted by atomic mass is 32.2. The monoisotopic (exact) mass is 715 g/mol. The summed E-state index contributed by atoms with van der Waals surface area (Å²) in [7, 11) is -3.58. The molecule has 5 N–H and O–H groups in total. The highest BCUT2D eigenvalue weighted by Gasteiger charge is 2.47. The van der Waals surface area contributed by atoms with Gasteiger partial charge in [-0.25, -0.2) is 13.2 Å². The Morgan fingerprint density at radius 1 is 0.940 bits per heavy atom. The lowest BCUT2D eigenvalue weighted by atomic mass is 9.71. The van der Waals surface area contributed by atoms with E-state index in [1.165, 1.54) is 4.90 Å². The second kappa shape index (κ2) is 16.7. The summed E-state index contributed by atoms with van der Waals surface area (Å²) in [6, 6.07) is 4.62. The highest BCUT2D eigenvalue weighted by Crippen LogP contribution is 2.40. The number of hydrogen-bond donors (Lipinski definition) is 4. The molecule has 4 rings (SSSR count). The zero-order chi connectivity index (χ0) is 36.8. The minimum absolute atomic E-state index is 0.0194. The number of nitrogens with one attached hydrogen (secondary N) is 3. The molecule has 0 aromatic heterocycles. The van der Waals surface area contributed by atoms with Crippen molar-refractivity contribution in [2.45, 2.75) is 122 Å². The van der Waals surface area contributed by atoms with Crippen LogP contribution in [0.4, 0.5) is 4.79 Å². The number of sulfone groups is 1. The van der Waals surface area contributed by atoms with Gasteiger partial charge in [-0.2, -0.15) is 0 Å². The maximum absolute atomic E-state index is 14.6. The molecule has 3 aliphatic rings. The number of likely N-dealkylation sites (tertiary alicyclic amines) is 1. The Balaban J connectivity index is 1.55. The van der Waals surface area contributed by atoms with Crippen LogP contribution < -0.4 is 21.7 Å². The van der Waals surface area contributed by atoms with E-state index in [2.05, 4.69) is 16.0 Å². The van der Waals surface area contributed by atoms with Crippen molar-refractivity contribution in [1.82, 2.24) is 20.9 Å². The first-order valence-corrected chi connectivity index (χ1v) is 20.1. The number of primary amides is 1. The van der Waals surface area contributed by atoms with Gasteiger partial charge in [0.15, 0.2) is 9.84 Å². The first kappa shape index (κ1) is 39.3. The van der Waals surface area contributed by atoms with Gasteiger partial charge in [-0.3, -0.25) is 19.2 Å². The molecule has 2 unspecified atom stereocenters. The number of nitrogens with zero attached hydrogens (tertiary/aromatic N) is 1. The molecule has 50 heavy (non-hydrogen) atoms. The first-order chi connectivity index (χ1) is 23.5. The topological polar surface area (TPSA) is 185 Å². The van der Waals surface area contributed by atoms with E-state index >= 15 is 0 Å². The number of amides is 5. The second-order valence-corrected chi connectivity index (χ2v) is 18.1. The molecule has 278 valence electrons. The average Bonchev–Trinajstić information content (AvgIpc) is 3.88. The fraction of sp³-hybridized carbons (Fsp3) is 0.703. The predicted molar refractivity (Wildman–Crippen MR) is 191 cm³/mol. The lowest BCUT2D eigenvalue weighted by Crippen LogP contribution is -2.64. The molecule has 2 aliphatic carbocycles. The van der Waals surface area contributed by atoms with Crippen LogP contribution in [0.25, 0.3) is 0 Å². The SMILES string of the molecule is CC(C)[C@@H](CS(=O)(=O)Cc1ccccc1)NC(=O)N[C@H](C(=O)N1CC(C)C(C)(C)C[C@H]1C(=O)NC(CC1CC1)C(=O)C(N)=O)C1CCCCC1. The molecule has 13 heteroatoms. The molecule has 0 radical (unpaired) electrons. The van der Waals surface area contributed by atoms with Crippen LogP contribution in [0, 0.1) is 29.1 Å². The molecule has 1 aromatic rings. The normalized spacial score (nSPS) is 23.0. The minimum atomic E-state index is -3.58. The van der Waals surface area contributed by atoms with Crippen LogP contribution in [-0.4, -0.2) is 79.3 Å².